The summed E-state index contributed by atoms with van der Waals surface area (Å²) in [5.74, 6) is 0.227. The van der Waals surface area contributed by atoms with Crippen LogP contribution >= 0.6 is 0 Å². The number of carboxylic acids is 1. The summed E-state index contributed by atoms with van der Waals surface area (Å²) >= 11 is 0. The van der Waals surface area contributed by atoms with Gasteiger partial charge in [-0.3, -0.25) is 4.79 Å². The first kappa shape index (κ1) is 9.68. The lowest BCUT2D eigenvalue weighted by molar-refractivity contribution is -0.179. The lowest BCUT2D eigenvalue weighted by Crippen LogP contribution is -2.55. The second kappa shape index (κ2) is 2.99. The lowest BCUT2D eigenvalue weighted by Gasteiger charge is -2.60. The van der Waals surface area contributed by atoms with Gasteiger partial charge in [0.15, 0.2) is 0 Å². The Morgan fingerprint density at radius 1 is 1.20 bits per heavy atom. The number of rotatable bonds is 3. The van der Waals surface area contributed by atoms with Crippen molar-refractivity contribution in [2.24, 2.45) is 16.7 Å². The zero-order valence-electron chi connectivity index (χ0n) is 9.30. The largest absolute Gasteiger partial charge is 0.481 e. The fourth-order valence-corrected chi connectivity index (χ4v) is 4.05. The molecule has 0 aromatic carbocycles. The average Bonchev–Trinajstić information content (AvgIpc) is 1.95. The van der Waals surface area contributed by atoms with Crippen molar-refractivity contribution in [3.8, 4) is 0 Å². The summed E-state index contributed by atoms with van der Waals surface area (Å²) in [6.07, 6.45) is 10.8. The van der Waals surface area contributed by atoms with Gasteiger partial charge in [-0.15, -0.1) is 0 Å². The molecule has 1 spiro atoms. The highest BCUT2D eigenvalue weighted by Gasteiger charge is 2.61. The number of carboxylic acid groups (broad SMARTS) is 1. The molecule has 0 heterocycles. The number of aliphatic carboxylic acids is 1. The van der Waals surface area contributed by atoms with Crippen LogP contribution in [0.5, 0.6) is 0 Å². The zero-order valence-corrected chi connectivity index (χ0v) is 9.30. The molecule has 0 bridgehead atoms. The fraction of sp³-hybridized carbons (Fsp3) is 0.923. The first-order chi connectivity index (χ1) is 7.14. The second-order valence-corrected chi connectivity index (χ2v) is 6.29. The molecule has 3 aliphatic rings. The van der Waals surface area contributed by atoms with Crippen LogP contribution < -0.4 is 0 Å². The topological polar surface area (TPSA) is 37.3 Å². The van der Waals surface area contributed by atoms with Crippen molar-refractivity contribution in [1.29, 1.82) is 0 Å². The van der Waals surface area contributed by atoms with Gasteiger partial charge >= 0.3 is 5.97 Å². The summed E-state index contributed by atoms with van der Waals surface area (Å²) < 4.78 is 0. The van der Waals surface area contributed by atoms with Crippen LogP contribution in [0.2, 0.25) is 0 Å². The van der Waals surface area contributed by atoms with Gasteiger partial charge in [0.05, 0.1) is 5.41 Å². The molecule has 3 saturated carbocycles. The Bertz CT molecular complexity index is 273. The van der Waals surface area contributed by atoms with Crippen LogP contribution in [0.4, 0.5) is 0 Å². The van der Waals surface area contributed by atoms with Gasteiger partial charge in [-0.25, -0.2) is 0 Å². The van der Waals surface area contributed by atoms with E-state index in [-0.39, 0.29) is 5.41 Å². The Kier molecular flexibility index (Phi) is 1.93. The van der Waals surface area contributed by atoms with Crippen molar-refractivity contribution in [2.45, 2.75) is 57.8 Å². The van der Waals surface area contributed by atoms with Gasteiger partial charge in [0.2, 0.25) is 0 Å². The Morgan fingerprint density at radius 2 is 1.87 bits per heavy atom. The summed E-state index contributed by atoms with van der Waals surface area (Å²) in [5.41, 5.74) is 0.188. The first-order valence-corrected chi connectivity index (χ1v) is 6.38. The predicted molar refractivity (Wildman–Crippen MR) is 57.5 cm³/mol. The zero-order chi connectivity index (χ0) is 10.5. The van der Waals surface area contributed by atoms with Gasteiger partial charge < -0.3 is 5.11 Å². The third-order valence-corrected chi connectivity index (χ3v) is 5.20. The Morgan fingerprint density at radius 3 is 2.20 bits per heavy atom. The molecule has 0 unspecified atom stereocenters. The standard InChI is InChI=1S/C13H20O2/c14-11(15)13(7-10-3-1-4-10)8-12(9-13)5-2-6-12/h10H,1-9H2,(H,14,15). The molecule has 0 saturated heterocycles. The third kappa shape index (κ3) is 1.33. The molecule has 0 aromatic rings. The summed E-state index contributed by atoms with van der Waals surface area (Å²) in [4.78, 5) is 11.4. The molecule has 3 fully saturated rings. The number of hydrogen-bond donors (Lipinski definition) is 1. The monoisotopic (exact) mass is 208 g/mol. The average molecular weight is 208 g/mol. The van der Waals surface area contributed by atoms with E-state index in [2.05, 4.69) is 0 Å². The van der Waals surface area contributed by atoms with E-state index < -0.39 is 5.97 Å². The molecule has 0 aromatic heterocycles. The highest BCUT2D eigenvalue weighted by Crippen LogP contribution is 2.67. The molecule has 0 atom stereocenters. The Hall–Kier alpha value is -0.530. The third-order valence-electron chi connectivity index (χ3n) is 5.20. The number of hydrogen-bond acceptors (Lipinski definition) is 1. The van der Waals surface area contributed by atoms with Gasteiger partial charge in [0.1, 0.15) is 0 Å². The minimum atomic E-state index is -0.507. The van der Waals surface area contributed by atoms with E-state index in [0.29, 0.717) is 5.41 Å². The van der Waals surface area contributed by atoms with Crippen LogP contribution in [0, 0.1) is 16.7 Å². The normalized spacial score (nSPS) is 31.5. The van der Waals surface area contributed by atoms with Crippen LogP contribution in [-0.4, -0.2) is 11.1 Å². The van der Waals surface area contributed by atoms with Crippen LogP contribution in [-0.2, 0) is 4.79 Å². The molecule has 2 heteroatoms. The maximum absolute atomic E-state index is 11.4. The Balaban J connectivity index is 1.65. The summed E-state index contributed by atoms with van der Waals surface area (Å²) in [6.45, 7) is 0. The summed E-state index contributed by atoms with van der Waals surface area (Å²) in [6, 6.07) is 0. The minimum absolute atomic E-state index is 0.300. The van der Waals surface area contributed by atoms with Crippen LogP contribution in [0.1, 0.15) is 57.8 Å². The first-order valence-electron chi connectivity index (χ1n) is 6.38. The van der Waals surface area contributed by atoms with Crippen molar-refractivity contribution >= 4 is 5.97 Å². The van der Waals surface area contributed by atoms with Crippen molar-refractivity contribution in [2.75, 3.05) is 0 Å². The molecule has 84 valence electrons. The molecule has 0 amide bonds. The highest BCUT2D eigenvalue weighted by molar-refractivity contribution is 5.76. The van der Waals surface area contributed by atoms with Gasteiger partial charge in [0.25, 0.3) is 0 Å². The second-order valence-electron chi connectivity index (χ2n) is 6.29. The molecule has 3 rings (SSSR count). The lowest BCUT2D eigenvalue weighted by atomic mass is 9.43. The summed E-state index contributed by atoms with van der Waals surface area (Å²) in [7, 11) is 0. The van der Waals surface area contributed by atoms with Crippen LogP contribution in [0.3, 0.4) is 0 Å². The van der Waals surface area contributed by atoms with E-state index in [1.165, 1.54) is 38.5 Å². The van der Waals surface area contributed by atoms with Crippen molar-refractivity contribution in [3.63, 3.8) is 0 Å². The maximum atomic E-state index is 11.4. The van der Waals surface area contributed by atoms with Crippen LogP contribution in [0.15, 0.2) is 0 Å². The van der Waals surface area contributed by atoms with Crippen LogP contribution in [0.25, 0.3) is 0 Å². The molecule has 0 radical (unpaired) electrons. The van der Waals surface area contributed by atoms with E-state index >= 15 is 0 Å². The van der Waals surface area contributed by atoms with Gasteiger partial charge in [-0.1, -0.05) is 25.7 Å². The van der Waals surface area contributed by atoms with Gasteiger partial charge in [-0.2, -0.15) is 0 Å². The predicted octanol–water partition coefficient (Wildman–Crippen LogP) is 3.21. The van der Waals surface area contributed by atoms with Gasteiger partial charge in [0, 0.05) is 0 Å². The molecular weight excluding hydrogens is 188 g/mol. The molecule has 2 nitrogen and oxygen atoms in total. The SMILES string of the molecule is O=C(O)C1(CC2CCC2)CC2(CCC2)C1. The Labute approximate surface area is 91.1 Å². The van der Waals surface area contributed by atoms with E-state index in [1.807, 2.05) is 0 Å². The molecular formula is C13H20O2. The molecule has 15 heavy (non-hydrogen) atoms. The van der Waals surface area contributed by atoms with Crippen molar-refractivity contribution < 1.29 is 9.90 Å². The van der Waals surface area contributed by atoms with E-state index in [4.69, 9.17) is 0 Å². The quantitative estimate of drug-likeness (QED) is 0.773. The maximum Gasteiger partial charge on any atom is 0.309 e. The fourth-order valence-electron chi connectivity index (χ4n) is 4.05. The van der Waals surface area contributed by atoms with E-state index in [1.54, 1.807) is 0 Å². The van der Waals surface area contributed by atoms with Crippen molar-refractivity contribution in [3.05, 3.63) is 0 Å². The highest BCUT2D eigenvalue weighted by atomic mass is 16.4. The summed E-state index contributed by atoms with van der Waals surface area (Å²) in [5, 5.41) is 9.40. The van der Waals surface area contributed by atoms with Crippen molar-refractivity contribution in [1.82, 2.24) is 0 Å². The number of carbonyl (C=O) groups is 1. The van der Waals surface area contributed by atoms with Gasteiger partial charge in [-0.05, 0) is 43.4 Å². The molecule has 3 aliphatic carbocycles. The minimum Gasteiger partial charge on any atom is -0.481 e. The van der Waals surface area contributed by atoms with E-state index in [0.717, 1.165) is 25.2 Å². The van der Waals surface area contributed by atoms with E-state index in [9.17, 15) is 9.90 Å². The molecule has 0 aliphatic heterocycles. The smallest absolute Gasteiger partial charge is 0.309 e. The molecule has 1 N–H and O–H groups in total.